The van der Waals surface area contributed by atoms with Gasteiger partial charge in [0.25, 0.3) is 5.91 Å². The van der Waals surface area contributed by atoms with Crippen LogP contribution >= 0.6 is 22.9 Å². The maximum Gasteiger partial charge on any atom is 0.260 e. The first-order valence-electron chi connectivity index (χ1n) is 10.4. The maximum atomic E-state index is 13.7. The summed E-state index contributed by atoms with van der Waals surface area (Å²) in [5.74, 6) is 0.162. The fraction of sp³-hybridized carbons (Fsp3) is 0.208. The van der Waals surface area contributed by atoms with E-state index in [4.69, 9.17) is 16.3 Å². The Kier molecular flexibility index (Phi) is 6.88. The van der Waals surface area contributed by atoms with Crippen LogP contribution in [0.3, 0.4) is 0 Å². The molecule has 0 saturated heterocycles. The van der Waals surface area contributed by atoms with Crippen LogP contribution in [0.1, 0.15) is 29.8 Å². The van der Waals surface area contributed by atoms with Gasteiger partial charge in [0.2, 0.25) is 0 Å². The molecule has 0 unspecified atom stereocenters. The molecule has 0 aliphatic heterocycles. The average molecular weight is 516 g/mol. The molecule has 0 atom stereocenters. The van der Waals surface area contributed by atoms with E-state index in [1.807, 2.05) is 0 Å². The largest absolute Gasteiger partial charge is 0.494 e. The Morgan fingerprint density at radius 1 is 1.15 bits per heavy atom. The zero-order valence-electron chi connectivity index (χ0n) is 18.7. The average Bonchev–Trinajstić information content (AvgIpc) is 3.29. The molecule has 1 amide bonds. The number of rotatable bonds is 7. The topological polar surface area (TPSA) is 89.5 Å². The van der Waals surface area contributed by atoms with Crippen LogP contribution in [-0.4, -0.2) is 36.7 Å². The number of halogens is 1. The summed E-state index contributed by atoms with van der Waals surface area (Å²) in [7, 11) is -2.00. The highest BCUT2D eigenvalue weighted by atomic mass is 35.5. The van der Waals surface area contributed by atoms with Gasteiger partial charge in [-0.2, -0.15) is 0 Å². The molecule has 0 aliphatic carbocycles. The smallest absolute Gasteiger partial charge is 0.260 e. The molecular weight excluding hydrogens is 494 g/mol. The standard InChI is InChI=1S/C24H22ClN3O4S2/c1-15(2)34(30,31)18-6-4-5-17(13-18)23(29)28(14-16-9-11-26-12-10-16)24-27-21-20(32-3)8-7-19(25)22(21)33-24/h4-13,15H,14H2,1-3H3. The predicted octanol–water partition coefficient (Wildman–Crippen LogP) is 5.38. The molecule has 0 fully saturated rings. The molecule has 4 aromatic rings. The number of amides is 1. The van der Waals surface area contributed by atoms with Crippen molar-refractivity contribution >= 4 is 54.0 Å². The molecule has 7 nitrogen and oxygen atoms in total. The molecule has 2 aromatic heterocycles. The summed E-state index contributed by atoms with van der Waals surface area (Å²) in [5.41, 5.74) is 1.64. The lowest BCUT2D eigenvalue weighted by Gasteiger charge is -2.20. The summed E-state index contributed by atoms with van der Waals surface area (Å²) in [5, 5.41) is 0.311. The van der Waals surface area contributed by atoms with Crippen LogP contribution in [0.15, 0.2) is 65.8 Å². The molecule has 0 radical (unpaired) electrons. The van der Waals surface area contributed by atoms with E-state index < -0.39 is 15.1 Å². The van der Waals surface area contributed by atoms with E-state index in [0.29, 0.717) is 26.1 Å². The second-order valence-electron chi connectivity index (χ2n) is 7.79. The summed E-state index contributed by atoms with van der Waals surface area (Å²) < 4.78 is 31.5. The van der Waals surface area contributed by atoms with Crippen molar-refractivity contribution in [3.63, 3.8) is 0 Å². The van der Waals surface area contributed by atoms with Gasteiger partial charge in [-0.1, -0.05) is 29.0 Å². The fourth-order valence-electron chi connectivity index (χ4n) is 3.35. The third kappa shape index (κ3) is 4.64. The minimum atomic E-state index is -3.54. The number of anilines is 1. The molecule has 10 heteroatoms. The van der Waals surface area contributed by atoms with Crippen LogP contribution in [-0.2, 0) is 16.4 Å². The lowest BCUT2D eigenvalue weighted by Crippen LogP contribution is -2.30. The number of fused-ring (bicyclic) bond motifs is 1. The van der Waals surface area contributed by atoms with Crippen LogP contribution in [0.4, 0.5) is 5.13 Å². The highest BCUT2D eigenvalue weighted by Gasteiger charge is 2.26. The van der Waals surface area contributed by atoms with E-state index >= 15 is 0 Å². The Hall–Kier alpha value is -3.01. The summed E-state index contributed by atoms with van der Waals surface area (Å²) in [6.07, 6.45) is 3.29. The maximum absolute atomic E-state index is 13.7. The Labute approximate surface area is 206 Å². The number of carbonyl (C=O) groups is 1. The molecule has 2 heterocycles. The van der Waals surface area contributed by atoms with Crippen LogP contribution < -0.4 is 9.64 Å². The first kappa shape index (κ1) is 24.1. The molecule has 0 spiro atoms. The number of nitrogens with zero attached hydrogens (tertiary/aromatic N) is 3. The van der Waals surface area contributed by atoms with E-state index in [0.717, 1.165) is 5.56 Å². The predicted molar refractivity (Wildman–Crippen MR) is 135 cm³/mol. The molecule has 2 aromatic carbocycles. The van der Waals surface area contributed by atoms with E-state index in [9.17, 15) is 13.2 Å². The van der Waals surface area contributed by atoms with Gasteiger partial charge in [-0.25, -0.2) is 13.4 Å². The van der Waals surface area contributed by atoms with E-state index in [1.54, 1.807) is 69.7 Å². The van der Waals surface area contributed by atoms with E-state index in [-0.39, 0.29) is 22.9 Å². The lowest BCUT2D eigenvalue weighted by molar-refractivity contribution is 0.0985. The first-order valence-corrected chi connectivity index (χ1v) is 13.1. The van der Waals surface area contributed by atoms with Gasteiger partial charge in [0, 0.05) is 18.0 Å². The van der Waals surface area contributed by atoms with Crippen LogP contribution in [0, 0.1) is 0 Å². The first-order chi connectivity index (χ1) is 16.2. The van der Waals surface area contributed by atoms with Gasteiger partial charge in [-0.3, -0.25) is 14.7 Å². The molecular formula is C24H22ClN3O4S2. The Bertz CT molecular complexity index is 1450. The van der Waals surface area contributed by atoms with Gasteiger partial charge in [0.05, 0.1) is 33.5 Å². The van der Waals surface area contributed by atoms with Gasteiger partial charge >= 0.3 is 0 Å². The number of methoxy groups -OCH3 is 1. The summed E-state index contributed by atoms with van der Waals surface area (Å²) in [6, 6.07) is 13.2. The highest BCUT2D eigenvalue weighted by Crippen LogP contribution is 2.39. The van der Waals surface area contributed by atoms with Crippen LogP contribution in [0.2, 0.25) is 5.02 Å². The fourth-order valence-corrected chi connectivity index (χ4v) is 5.71. The number of carbonyl (C=O) groups excluding carboxylic acids is 1. The van der Waals surface area contributed by atoms with Crippen molar-refractivity contribution in [2.75, 3.05) is 12.0 Å². The van der Waals surface area contributed by atoms with Crippen LogP contribution in [0.5, 0.6) is 5.75 Å². The monoisotopic (exact) mass is 515 g/mol. The van der Waals surface area contributed by atoms with Crippen molar-refractivity contribution < 1.29 is 17.9 Å². The second-order valence-corrected chi connectivity index (χ2v) is 11.7. The van der Waals surface area contributed by atoms with Gasteiger partial charge in [-0.15, -0.1) is 0 Å². The number of pyridine rings is 1. The summed E-state index contributed by atoms with van der Waals surface area (Å²) >= 11 is 7.66. The molecule has 0 N–H and O–H groups in total. The molecule has 0 aliphatic rings. The minimum Gasteiger partial charge on any atom is -0.494 e. The number of hydrogen-bond acceptors (Lipinski definition) is 7. The van der Waals surface area contributed by atoms with Crippen molar-refractivity contribution in [2.45, 2.75) is 30.5 Å². The molecule has 176 valence electrons. The number of hydrogen-bond donors (Lipinski definition) is 0. The number of benzene rings is 2. The van der Waals surface area contributed by atoms with E-state index in [2.05, 4.69) is 9.97 Å². The number of thiazole rings is 1. The Balaban J connectivity index is 1.83. The Morgan fingerprint density at radius 3 is 2.56 bits per heavy atom. The normalized spacial score (nSPS) is 11.7. The van der Waals surface area contributed by atoms with Crippen molar-refractivity contribution in [1.29, 1.82) is 0 Å². The summed E-state index contributed by atoms with van der Waals surface area (Å²) in [6.45, 7) is 3.43. The molecule has 0 saturated carbocycles. The van der Waals surface area contributed by atoms with Gasteiger partial charge in [-0.05, 0) is 61.9 Å². The van der Waals surface area contributed by atoms with Crippen molar-refractivity contribution in [3.8, 4) is 5.75 Å². The molecule has 4 rings (SSSR count). The SMILES string of the molecule is COc1ccc(Cl)c2sc(N(Cc3ccncc3)C(=O)c3cccc(S(=O)(=O)C(C)C)c3)nc12. The van der Waals surface area contributed by atoms with Crippen molar-refractivity contribution in [1.82, 2.24) is 9.97 Å². The zero-order valence-corrected chi connectivity index (χ0v) is 21.1. The van der Waals surface area contributed by atoms with E-state index in [1.165, 1.54) is 28.4 Å². The quantitative estimate of drug-likeness (QED) is 0.328. The summed E-state index contributed by atoms with van der Waals surface area (Å²) in [4.78, 5) is 24.0. The Morgan fingerprint density at radius 2 is 1.88 bits per heavy atom. The molecule has 34 heavy (non-hydrogen) atoms. The number of aromatic nitrogens is 2. The van der Waals surface area contributed by atoms with Crippen LogP contribution in [0.25, 0.3) is 10.2 Å². The van der Waals surface area contributed by atoms with Gasteiger partial charge in [0.1, 0.15) is 11.3 Å². The van der Waals surface area contributed by atoms with Gasteiger partial charge in [0.15, 0.2) is 15.0 Å². The minimum absolute atomic E-state index is 0.103. The zero-order chi connectivity index (χ0) is 24.5. The highest BCUT2D eigenvalue weighted by molar-refractivity contribution is 7.92. The molecule has 0 bridgehead atoms. The second kappa shape index (κ2) is 9.69. The number of sulfone groups is 1. The number of ether oxygens (including phenoxy) is 1. The third-order valence-corrected chi connectivity index (χ3v) is 8.95. The van der Waals surface area contributed by atoms with Crippen molar-refractivity contribution in [3.05, 3.63) is 77.1 Å². The lowest BCUT2D eigenvalue weighted by atomic mass is 10.2. The van der Waals surface area contributed by atoms with Crippen molar-refractivity contribution in [2.24, 2.45) is 0 Å². The third-order valence-electron chi connectivity index (χ3n) is 5.26. The van der Waals surface area contributed by atoms with Gasteiger partial charge < -0.3 is 4.74 Å².